The van der Waals surface area contributed by atoms with Crippen molar-refractivity contribution < 1.29 is 22.3 Å². The van der Waals surface area contributed by atoms with E-state index in [1.165, 1.54) is 12.1 Å². The van der Waals surface area contributed by atoms with E-state index in [9.17, 15) is 17.6 Å². The standard InChI is InChI=1S/C16H14F4N2OP2/c17-15(18,19)9-23-13-5-2-10(3-6-13)11-1-4-12-7-21-14(16(20,24)25)22(12)8-11/h1-8H,9,24-25H2. The highest BCUT2D eigenvalue weighted by molar-refractivity contribution is 7.38. The Hall–Kier alpha value is -1.71. The molecule has 0 aliphatic rings. The lowest BCUT2D eigenvalue weighted by molar-refractivity contribution is -0.153. The van der Waals surface area contributed by atoms with Gasteiger partial charge in [-0.1, -0.05) is 36.7 Å². The first kappa shape index (κ1) is 18.1. The van der Waals surface area contributed by atoms with Crippen LogP contribution in [0.1, 0.15) is 5.82 Å². The second kappa shape index (κ2) is 6.54. The van der Waals surface area contributed by atoms with Crippen molar-refractivity contribution in [3.8, 4) is 16.9 Å². The highest BCUT2D eigenvalue weighted by Gasteiger charge is 2.28. The molecule has 0 aliphatic heterocycles. The van der Waals surface area contributed by atoms with Gasteiger partial charge in [0, 0.05) is 6.20 Å². The largest absolute Gasteiger partial charge is 0.484 e. The number of hydrogen-bond acceptors (Lipinski definition) is 2. The van der Waals surface area contributed by atoms with Crippen LogP contribution in [0.4, 0.5) is 17.6 Å². The first-order chi connectivity index (χ1) is 11.6. The van der Waals surface area contributed by atoms with Gasteiger partial charge in [0.05, 0.1) is 11.7 Å². The van der Waals surface area contributed by atoms with Gasteiger partial charge in [0.25, 0.3) is 0 Å². The van der Waals surface area contributed by atoms with E-state index in [1.54, 1.807) is 35.0 Å². The smallest absolute Gasteiger partial charge is 0.422 e. The van der Waals surface area contributed by atoms with Crippen LogP contribution in [0.25, 0.3) is 16.6 Å². The Kier molecular flexibility index (Phi) is 4.74. The molecule has 0 spiro atoms. The fourth-order valence-electron chi connectivity index (χ4n) is 2.35. The molecule has 0 saturated heterocycles. The molecule has 0 aliphatic carbocycles. The van der Waals surface area contributed by atoms with Gasteiger partial charge in [-0.25, -0.2) is 9.37 Å². The number of hydrogen-bond donors (Lipinski definition) is 0. The molecule has 2 aromatic heterocycles. The number of imidazole rings is 1. The zero-order valence-corrected chi connectivity index (χ0v) is 15.1. The molecule has 2 unspecified atom stereocenters. The third-order valence-electron chi connectivity index (χ3n) is 3.46. The SMILES string of the molecule is FC(F)(F)COc1ccc(-c2ccc3cnc(C(F)(P)P)n3c2)cc1. The first-order valence-electron chi connectivity index (χ1n) is 7.18. The number of alkyl halides is 4. The molecule has 25 heavy (non-hydrogen) atoms. The molecule has 2 heterocycles. The molecule has 132 valence electrons. The molecule has 3 aromatic rings. The summed E-state index contributed by atoms with van der Waals surface area (Å²) in [6, 6.07) is 9.84. The second-order valence-electron chi connectivity index (χ2n) is 5.49. The van der Waals surface area contributed by atoms with Gasteiger partial charge < -0.3 is 4.74 Å². The van der Waals surface area contributed by atoms with Gasteiger partial charge >= 0.3 is 6.18 Å². The number of rotatable bonds is 4. The summed E-state index contributed by atoms with van der Waals surface area (Å²) >= 11 is 0. The molecule has 0 bridgehead atoms. The molecule has 2 atom stereocenters. The molecule has 3 nitrogen and oxygen atoms in total. The molecule has 0 fully saturated rings. The van der Waals surface area contributed by atoms with Crippen LogP contribution in [0.5, 0.6) is 5.75 Å². The summed E-state index contributed by atoms with van der Waals surface area (Å²) in [6.45, 7) is -1.34. The fraction of sp³-hybridized carbons (Fsp3) is 0.188. The number of aromatic nitrogens is 2. The van der Waals surface area contributed by atoms with Gasteiger partial charge in [0.1, 0.15) is 5.75 Å². The van der Waals surface area contributed by atoms with E-state index < -0.39 is 17.9 Å². The van der Waals surface area contributed by atoms with Crippen LogP contribution in [0.2, 0.25) is 0 Å². The van der Waals surface area contributed by atoms with Gasteiger partial charge in [-0.05, 0) is 29.3 Å². The minimum absolute atomic E-state index is 0.128. The third-order valence-corrected chi connectivity index (χ3v) is 3.98. The fourth-order valence-corrected chi connectivity index (χ4v) is 2.78. The topological polar surface area (TPSA) is 26.5 Å². The lowest BCUT2D eigenvalue weighted by atomic mass is 10.1. The van der Waals surface area contributed by atoms with Crippen LogP contribution in [-0.4, -0.2) is 22.2 Å². The summed E-state index contributed by atoms with van der Waals surface area (Å²) in [5.41, 5.74) is 2.27. The number of halogens is 4. The van der Waals surface area contributed by atoms with Crippen molar-refractivity contribution in [3.63, 3.8) is 0 Å². The highest BCUT2D eigenvalue weighted by Crippen LogP contribution is 2.39. The Morgan fingerprint density at radius 1 is 0.960 bits per heavy atom. The quantitative estimate of drug-likeness (QED) is 0.475. The molecule has 9 heteroatoms. The van der Waals surface area contributed by atoms with Crippen LogP contribution in [0.3, 0.4) is 0 Å². The zero-order valence-electron chi connectivity index (χ0n) is 12.8. The summed E-state index contributed by atoms with van der Waals surface area (Å²) in [6.07, 6.45) is -1.09. The maximum absolute atomic E-state index is 14.2. The maximum Gasteiger partial charge on any atom is 0.422 e. The van der Waals surface area contributed by atoms with Gasteiger partial charge in [-0.3, -0.25) is 4.40 Å². The average Bonchev–Trinajstić information content (AvgIpc) is 2.96. The van der Waals surface area contributed by atoms with E-state index in [0.29, 0.717) is 0 Å². The molecule has 0 N–H and O–H groups in total. The minimum Gasteiger partial charge on any atom is -0.484 e. The summed E-state index contributed by atoms with van der Waals surface area (Å²) in [7, 11) is 4.14. The van der Waals surface area contributed by atoms with E-state index in [0.717, 1.165) is 16.6 Å². The third kappa shape index (κ3) is 4.28. The van der Waals surface area contributed by atoms with Gasteiger partial charge in [-0.15, -0.1) is 0 Å². The number of ether oxygens (including phenoxy) is 1. The number of nitrogens with zero attached hydrogens (tertiary/aromatic N) is 2. The molecule has 3 rings (SSSR count). The zero-order chi connectivity index (χ0) is 18.2. The van der Waals surface area contributed by atoms with E-state index in [2.05, 4.69) is 28.2 Å². The van der Waals surface area contributed by atoms with Crippen molar-refractivity contribution in [1.29, 1.82) is 0 Å². The summed E-state index contributed by atoms with van der Waals surface area (Å²) in [4.78, 5) is 4.08. The average molecular weight is 388 g/mol. The monoisotopic (exact) mass is 388 g/mol. The lowest BCUT2D eigenvalue weighted by Gasteiger charge is -2.13. The summed E-state index contributed by atoms with van der Waals surface area (Å²) in [5, 5.41) is -1.76. The van der Waals surface area contributed by atoms with Gasteiger partial charge in [0.2, 0.25) is 0 Å². The second-order valence-corrected chi connectivity index (χ2v) is 7.84. The summed E-state index contributed by atoms with van der Waals surface area (Å²) in [5.74, 6) is 0.340. The molecule has 1 aromatic carbocycles. The maximum atomic E-state index is 14.2. The van der Waals surface area contributed by atoms with Crippen LogP contribution in [0, 0.1) is 0 Å². The van der Waals surface area contributed by atoms with Gasteiger partial charge in [0.15, 0.2) is 17.6 Å². The predicted octanol–water partition coefficient (Wildman–Crippen LogP) is 4.77. The van der Waals surface area contributed by atoms with E-state index in [1.807, 2.05) is 6.07 Å². The van der Waals surface area contributed by atoms with Crippen molar-refractivity contribution in [2.75, 3.05) is 6.61 Å². The number of benzene rings is 1. The molecule has 0 radical (unpaired) electrons. The van der Waals surface area contributed by atoms with Crippen LogP contribution in [0.15, 0.2) is 48.8 Å². The molecule has 0 amide bonds. The lowest BCUT2D eigenvalue weighted by Crippen LogP contribution is -2.19. The molecular formula is C16H14F4N2OP2. The van der Waals surface area contributed by atoms with Crippen molar-refractivity contribution >= 4 is 24.0 Å². The van der Waals surface area contributed by atoms with Crippen molar-refractivity contribution in [2.45, 2.75) is 11.3 Å². The number of pyridine rings is 1. The Bertz CT molecular complexity index is 886. The van der Waals surface area contributed by atoms with Crippen molar-refractivity contribution in [2.24, 2.45) is 0 Å². The van der Waals surface area contributed by atoms with Crippen molar-refractivity contribution in [3.05, 3.63) is 54.6 Å². The van der Waals surface area contributed by atoms with E-state index in [-0.39, 0.29) is 11.6 Å². The minimum atomic E-state index is -4.38. The summed E-state index contributed by atoms with van der Waals surface area (Å²) < 4.78 is 57.0. The van der Waals surface area contributed by atoms with Crippen molar-refractivity contribution in [1.82, 2.24) is 9.38 Å². The van der Waals surface area contributed by atoms with E-state index >= 15 is 0 Å². The van der Waals surface area contributed by atoms with Crippen LogP contribution < -0.4 is 4.74 Å². The van der Waals surface area contributed by atoms with E-state index in [4.69, 9.17) is 0 Å². The first-order valence-corrected chi connectivity index (χ1v) is 8.33. The number of fused-ring (bicyclic) bond motifs is 1. The molecule has 0 saturated carbocycles. The Labute approximate surface area is 145 Å². The Morgan fingerprint density at radius 2 is 1.60 bits per heavy atom. The normalized spacial score (nSPS) is 12.6. The van der Waals surface area contributed by atoms with Crippen LogP contribution >= 0.6 is 18.5 Å². The highest BCUT2D eigenvalue weighted by atomic mass is 31.1. The predicted molar refractivity (Wildman–Crippen MR) is 94.4 cm³/mol. The Morgan fingerprint density at radius 3 is 2.20 bits per heavy atom. The Balaban J connectivity index is 1.89. The molecular weight excluding hydrogens is 374 g/mol. The van der Waals surface area contributed by atoms with Gasteiger partial charge in [-0.2, -0.15) is 13.2 Å². The van der Waals surface area contributed by atoms with Crippen LogP contribution in [-0.2, 0) is 5.15 Å².